The van der Waals surface area contributed by atoms with E-state index in [0.29, 0.717) is 6.61 Å². The molecule has 0 spiro atoms. The summed E-state index contributed by atoms with van der Waals surface area (Å²) in [7, 11) is 0. The van der Waals surface area contributed by atoms with E-state index in [4.69, 9.17) is 11.2 Å². The van der Waals surface area contributed by atoms with E-state index in [-0.39, 0.29) is 17.9 Å². The fourth-order valence-corrected chi connectivity index (χ4v) is 1.79. The quantitative estimate of drug-likeness (QED) is 0.712. The van der Waals surface area contributed by atoms with E-state index in [9.17, 15) is 4.79 Å². The van der Waals surface area contributed by atoms with Crippen LogP contribution < -0.4 is 5.32 Å². The number of hydrogen-bond acceptors (Lipinski definition) is 2. The van der Waals surface area contributed by atoms with Gasteiger partial charge in [0.15, 0.2) is 0 Å². The van der Waals surface area contributed by atoms with Crippen LogP contribution in [0.3, 0.4) is 0 Å². The Balaban J connectivity index is 2.58. The number of ether oxygens (including phenoxy) is 1. The highest BCUT2D eigenvalue weighted by molar-refractivity contribution is 5.80. The highest BCUT2D eigenvalue weighted by Crippen LogP contribution is 2.24. The van der Waals surface area contributed by atoms with E-state index in [1.807, 2.05) is 20.8 Å². The Labute approximate surface area is 91.6 Å². The second-order valence-electron chi connectivity index (χ2n) is 4.47. The molecule has 0 bridgehead atoms. The van der Waals surface area contributed by atoms with Gasteiger partial charge in [0.1, 0.15) is 0 Å². The van der Waals surface area contributed by atoms with Crippen molar-refractivity contribution in [2.45, 2.75) is 45.3 Å². The van der Waals surface area contributed by atoms with Crippen LogP contribution in [0.1, 0.15) is 33.6 Å². The zero-order valence-electron chi connectivity index (χ0n) is 9.67. The molecular weight excluding hydrogens is 190 g/mol. The third kappa shape index (κ3) is 2.97. The smallest absolute Gasteiger partial charge is 0.226 e. The number of nitrogens with one attached hydrogen (secondary N) is 1. The van der Waals surface area contributed by atoms with Crippen molar-refractivity contribution in [2.75, 3.05) is 6.61 Å². The molecule has 15 heavy (non-hydrogen) atoms. The minimum absolute atomic E-state index is 0.0160. The van der Waals surface area contributed by atoms with E-state index in [1.54, 1.807) is 0 Å². The molecule has 1 heterocycles. The molecule has 2 atom stereocenters. The van der Waals surface area contributed by atoms with Crippen LogP contribution in [-0.4, -0.2) is 24.2 Å². The highest BCUT2D eigenvalue weighted by atomic mass is 16.5. The number of carbonyl (C=O) groups is 1. The zero-order chi connectivity index (χ0) is 11.5. The van der Waals surface area contributed by atoms with Crippen LogP contribution in [0, 0.1) is 18.3 Å². The lowest BCUT2D eigenvalue weighted by atomic mass is 9.96. The largest absolute Gasteiger partial charge is 0.377 e. The fraction of sp³-hybridized carbons (Fsp3) is 0.750. The van der Waals surface area contributed by atoms with E-state index < -0.39 is 5.54 Å². The Morgan fingerprint density at radius 2 is 2.33 bits per heavy atom. The molecule has 0 aromatic rings. The number of rotatable bonds is 3. The Morgan fingerprint density at radius 3 is 2.87 bits per heavy atom. The SMILES string of the molecule is C#CC(C)(C)NC(=O)C1CCOC1CC. The van der Waals surface area contributed by atoms with Gasteiger partial charge in [0, 0.05) is 6.61 Å². The van der Waals surface area contributed by atoms with Crippen molar-refractivity contribution in [3.63, 3.8) is 0 Å². The molecule has 0 aromatic heterocycles. The second-order valence-corrected chi connectivity index (χ2v) is 4.47. The average Bonchev–Trinajstić information content (AvgIpc) is 2.64. The number of carbonyl (C=O) groups excluding carboxylic acids is 1. The number of amides is 1. The maximum absolute atomic E-state index is 11.9. The minimum Gasteiger partial charge on any atom is -0.377 e. The predicted molar refractivity (Wildman–Crippen MR) is 59.2 cm³/mol. The molecule has 2 unspecified atom stereocenters. The third-order valence-corrected chi connectivity index (χ3v) is 2.75. The molecule has 84 valence electrons. The van der Waals surface area contributed by atoms with Crippen LogP contribution in [0.5, 0.6) is 0 Å². The van der Waals surface area contributed by atoms with Gasteiger partial charge in [-0.15, -0.1) is 6.42 Å². The summed E-state index contributed by atoms with van der Waals surface area (Å²) < 4.78 is 5.47. The fourth-order valence-electron chi connectivity index (χ4n) is 1.79. The first-order valence-electron chi connectivity index (χ1n) is 5.41. The van der Waals surface area contributed by atoms with Crippen molar-refractivity contribution in [3.8, 4) is 12.3 Å². The van der Waals surface area contributed by atoms with Crippen LogP contribution in [0.25, 0.3) is 0 Å². The Morgan fingerprint density at radius 1 is 1.67 bits per heavy atom. The summed E-state index contributed by atoms with van der Waals surface area (Å²) in [5, 5.41) is 2.86. The van der Waals surface area contributed by atoms with Crippen molar-refractivity contribution in [2.24, 2.45) is 5.92 Å². The van der Waals surface area contributed by atoms with Gasteiger partial charge in [-0.2, -0.15) is 0 Å². The lowest BCUT2D eigenvalue weighted by Crippen LogP contribution is -2.46. The first-order chi connectivity index (χ1) is 7.00. The van der Waals surface area contributed by atoms with Crippen molar-refractivity contribution in [1.82, 2.24) is 5.32 Å². The normalized spacial score (nSPS) is 26.0. The van der Waals surface area contributed by atoms with E-state index in [1.165, 1.54) is 0 Å². The summed E-state index contributed by atoms with van der Waals surface area (Å²) in [6.45, 7) is 6.35. The van der Waals surface area contributed by atoms with Crippen LogP contribution in [-0.2, 0) is 9.53 Å². The molecule has 3 nitrogen and oxygen atoms in total. The van der Waals surface area contributed by atoms with Gasteiger partial charge in [-0.3, -0.25) is 4.79 Å². The molecular formula is C12H19NO2. The van der Waals surface area contributed by atoms with E-state index in [0.717, 1.165) is 12.8 Å². The van der Waals surface area contributed by atoms with Gasteiger partial charge in [-0.25, -0.2) is 0 Å². The van der Waals surface area contributed by atoms with Gasteiger partial charge in [-0.05, 0) is 26.7 Å². The molecule has 0 radical (unpaired) electrons. The van der Waals surface area contributed by atoms with Crippen molar-refractivity contribution in [1.29, 1.82) is 0 Å². The lowest BCUT2D eigenvalue weighted by molar-refractivity contribution is -0.127. The molecule has 1 saturated heterocycles. The van der Waals surface area contributed by atoms with Crippen molar-refractivity contribution >= 4 is 5.91 Å². The minimum atomic E-state index is -0.571. The van der Waals surface area contributed by atoms with Gasteiger partial charge < -0.3 is 10.1 Å². The van der Waals surface area contributed by atoms with Gasteiger partial charge >= 0.3 is 0 Å². The lowest BCUT2D eigenvalue weighted by Gasteiger charge is -2.24. The standard InChI is InChI=1S/C12H19NO2/c1-5-10-9(7-8-15-10)11(14)13-12(3,4)6-2/h2,9-10H,5,7-8H2,1,3-4H3,(H,13,14). The summed E-state index contributed by atoms with van der Waals surface area (Å²) in [6.07, 6.45) is 7.04. The molecule has 1 amide bonds. The maximum atomic E-state index is 11.9. The average molecular weight is 209 g/mol. The first kappa shape index (κ1) is 12.1. The summed E-state index contributed by atoms with van der Waals surface area (Å²) in [5.74, 6) is 2.53. The molecule has 0 saturated carbocycles. The Bertz CT molecular complexity index is 278. The molecule has 0 aliphatic carbocycles. The summed E-state index contributed by atoms with van der Waals surface area (Å²) in [4.78, 5) is 11.9. The van der Waals surface area contributed by atoms with Gasteiger partial charge in [0.25, 0.3) is 0 Å². The van der Waals surface area contributed by atoms with Crippen LogP contribution >= 0.6 is 0 Å². The van der Waals surface area contributed by atoms with E-state index >= 15 is 0 Å². The number of terminal acetylenes is 1. The van der Waals surface area contributed by atoms with Crippen molar-refractivity contribution < 1.29 is 9.53 Å². The zero-order valence-corrected chi connectivity index (χ0v) is 9.67. The molecule has 1 aliphatic rings. The molecule has 1 rings (SSSR count). The van der Waals surface area contributed by atoms with E-state index in [2.05, 4.69) is 11.2 Å². The molecule has 1 fully saturated rings. The molecule has 3 heteroatoms. The number of hydrogen-bond donors (Lipinski definition) is 1. The summed E-state index contributed by atoms with van der Waals surface area (Å²) in [6, 6.07) is 0. The van der Waals surface area contributed by atoms with Crippen LogP contribution in [0.15, 0.2) is 0 Å². The van der Waals surface area contributed by atoms with Gasteiger partial charge in [0.2, 0.25) is 5.91 Å². The summed E-state index contributed by atoms with van der Waals surface area (Å²) in [5.41, 5.74) is -0.571. The summed E-state index contributed by atoms with van der Waals surface area (Å²) >= 11 is 0. The highest BCUT2D eigenvalue weighted by Gasteiger charge is 2.34. The van der Waals surface area contributed by atoms with Crippen LogP contribution in [0.2, 0.25) is 0 Å². The monoisotopic (exact) mass is 209 g/mol. The van der Waals surface area contributed by atoms with Gasteiger partial charge in [0.05, 0.1) is 17.6 Å². The third-order valence-electron chi connectivity index (χ3n) is 2.75. The molecule has 1 aliphatic heterocycles. The Kier molecular flexibility index (Phi) is 3.76. The molecule has 1 N–H and O–H groups in total. The molecule has 0 aromatic carbocycles. The van der Waals surface area contributed by atoms with Crippen LogP contribution in [0.4, 0.5) is 0 Å². The predicted octanol–water partition coefficient (Wildman–Crippen LogP) is 1.33. The first-order valence-corrected chi connectivity index (χ1v) is 5.41. The topological polar surface area (TPSA) is 38.3 Å². The Hall–Kier alpha value is -1.01. The maximum Gasteiger partial charge on any atom is 0.226 e. The van der Waals surface area contributed by atoms with Crippen molar-refractivity contribution in [3.05, 3.63) is 0 Å². The van der Waals surface area contributed by atoms with Gasteiger partial charge in [-0.1, -0.05) is 12.8 Å². The second kappa shape index (κ2) is 4.67.